The molecule has 1 aromatic rings. The normalized spacial score (nSPS) is 17.8. The first-order chi connectivity index (χ1) is 7.88. The van der Waals surface area contributed by atoms with Crippen molar-refractivity contribution in [3.8, 4) is 0 Å². The number of piperidine rings is 1. The molecule has 0 saturated carbocycles. The number of nitrogens with zero attached hydrogens (tertiary/aromatic N) is 1. The second-order valence-electron chi connectivity index (χ2n) is 4.47. The first kappa shape index (κ1) is 12.0. The number of likely N-dealkylation sites (N-methyl/N-ethyl adjacent to an activating group) is 1. The molecule has 1 saturated heterocycles. The van der Waals surface area contributed by atoms with Crippen LogP contribution in [-0.2, 0) is 12.8 Å². The maximum atomic E-state index is 4.53. The van der Waals surface area contributed by atoms with E-state index in [-0.39, 0.29) is 0 Å². The quantitative estimate of drug-likeness (QED) is 0.816. The highest BCUT2D eigenvalue weighted by molar-refractivity contribution is 7.11. The predicted molar refractivity (Wildman–Crippen MR) is 69.0 cm³/mol. The lowest BCUT2D eigenvalue weighted by Crippen LogP contribution is -2.28. The van der Waals surface area contributed by atoms with Gasteiger partial charge in [0.1, 0.15) is 0 Å². The molecule has 0 aliphatic carbocycles. The van der Waals surface area contributed by atoms with Crippen molar-refractivity contribution in [2.45, 2.75) is 25.7 Å². The van der Waals surface area contributed by atoms with Gasteiger partial charge in [0.2, 0.25) is 0 Å². The molecule has 0 unspecified atom stereocenters. The third-order valence-electron chi connectivity index (χ3n) is 3.14. The van der Waals surface area contributed by atoms with Crippen LogP contribution in [0.15, 0.2) is 6.20 Å². The van der Waals surface area contributed by atoms with E-state index in [0.717, 1.165) is 18.9 Å². The number of rotatable bonds is 5. The predicted octanol–water partition coefficient (Wildman–Crippen LogP) is 1.45. The molecule has 2 N–H and O–H groups in total. The molecule has 16 heavy (non-hydrogen) atoms. The Hall–Kier alpha value is -0.450. The van der Waals surface area contributed by atoms with Gasteiger partial charge in [0, 0.05) is 17.5 Å². The van der Waals surface area contributed by atoms with Crippen molar-refractivity contribution in [1.29, 1.82) is 0 Å². The molecule has 90 valence electrons. The summed E-state index contributed by atoms with van der Waals surface area (Å²) in [6.07, 6.45) is 6.97. The van der Waals surface area contributed by atoms with Crippen LogP contribution in [0, 0.1) is 5.92 Å². The van der Waals surface area contributed by atoms with Gasteiger partial charge in [-0.2, -0.15) is 0 Å². The van der Waals surface area contributed by atoms with Crippen LogP contribution in [0.1, 0.15) is 22.7 Å². The van der Waals surface area contributed by atoms with Gasteiger partial charge in [-0.1, -0.05) is 0 Å². The lowest BCUT2D eigenvalue weighted by Gasteiger charge is -2.21. The van der Waals surface area contributed by atoms with Gasteiger partial charge in [-0.3, -0.25) is 0 Å². The van der Waals surface area contributed by atoms with Crippen molar-refractivity contribution in [1.82, 2.24) is 15.6 Å². The summed E-state index contributed by atoms with van der Waals surface area (Å²) in [5, 5.41) is 7.92. The SMILES string of the molecule is CNCCc1cnc(CC2CCNCC2)s1. The minimum atomic E-state index is 0.851. The minimum Gasteiger partial charge on any atom is -0.319 e. The molecule has 1 aliphatic heterocycles. The van der Waals surface area contributed by atoms with Crippen molar-refractivity contribution in [3.63, 3.8) is 0 Å². The number of nitrogens with one attached hydrogen (secondary N) is 2. The largest absolute Gasteiger partial charge is 0.319 e. The van der Waals surface area contributed by atoms with Gasteiger partial charge in [-0.15, -0.1) is 11.3 Å². The molecule has 3 nitrogen and oxygen atoms in total. The molecule has 4 heteroatoms. The van der Waals surface area contributed by atoms with Crippen LogP contribution in [0.4, 0.5) is 0 Å². The Morgan fingerprint density at radius 1 is 1.50 bits per heavy atom. The smallest absolute Gasteiger partial charge is 0.0930 e. The Kier molecular flexibility index (Phi) is 4.75. The zero-order chi connectivity index (χ0) is 11.2. The molecular formula is C12H21N3S. The summed E-state index contributed by atoms with van der Waals surface area (Å²) in [7, 11) is 2.00. The first-order valence-corrected chi connectivity index (χ1v) is 6.99. The van der Waals surface area contributed by atoms with E-state index < -0.39 is 0 Å². The number of thiazole rings is 1. The summed E-state index contributed by atoms with van der Waals surface area (Å²) < 4.78 is 0. The van der Waals surface area contributed by atoms with Crippen LogP contribution >= 0.6 is 11.3 Å². The molecule has 0 spiro atoms. The second-order valence-corrected chi connectivity index (χ2v) is 5.67. The highest BCUT2D eigenvalue weighted by atomic mass is 32.1. The lowest BCUT2D eigenvalue weighted by molar-refractivity contribution is 0.372. The van der Waals surface area contributed by atoms with E-state index in [1.54, 1.807) is 0 Å². The van der Waals surface area contributed by atoms with E-state index in [0.29, 0.717) is 0 Å². The average molecular weight is 239 g/mol. The summed E-state index contributed by atoms with van der Waals surface area (Å²) in [6, 6.07) is 0. The maximum Gasteiger partial charge on any atom is 0.0930 e. The van der Waals surface area contributed by atoms with Crippen molar-refractivity contribution in [3.05, 3.63) is 16.1 Å². The van der Waals surface area contributed by atoms with E-state index in [2.05, 4.69) is 21.8 Å². The summed E-state index contributed by atoms with van der Waals surface area (Å²) in [5.74, 6) is 0.851. The average Bonchev–Trinajstić information content (AvgIpc) is 2.75. The third kappa shape index (κ3) is 3.54. The summed E-state index contributed by atoms with van der Waals surface area (Å²) in [4.78, 5) is 5.95. The van der Waals surface area contributed by atoms with Crippen LogP contribution < -0.4 is 10.6 Å². The molecule has 0 amide bonds. The van der Waals surface area contributed by atoms with Crippen LogP contribution in [0.25, 0.3) is 0 Å². The Morgan fingerprint density at radius 2 is 2.31 bits per heavy atom. The Balaban J connectivity index is 1.81. The fraction of sp³-hybridized carbons (Fsp3) is 0.750. The maximum absolute atomic E-state index is 4.53. The topological polar surface area (TPSA) is 37.0 Å². The Morgan fingerprint density at radius 3 is 3.06 bits per heavy atom. The third-order valence-corrected chi connectivity index (χ3v) is 4.22. The standard InChI is InChI=1S/C12H21N3S/c1-13-5-4-11-9-15-12(16-11)8-10-2-6-14-7-3-10/h9-10,13-14H,2-8H2,1H3. The van der Waals surface area contributed by atoms with Gasteiger partial charge in [0.05, 0.1) is 5.01 Å². The summed E-state index contributed by atoms with van der Waals surface area (Å²) >= 11 is 1.89. The molecule has 1 fully saturated rings. The van der Waals surface area contributed by atoms with Gasteiger partial charge in [-0.25, -0.2) is 4.98 Å². The summed E-state index contributed by atoms with van der Waals surface area (Å²) in [5.41, 5.74) is 0. The van der Waals surface area contributed by atoms with E-state index in [1.807, 2.05) is 18.4 Å². The highest BCUT2D eigenvalue weighted by Gasteiger charge is 2.15. The Bertz CT molecular complexity index is 305. The molecule has 1 aliphatic rings. The van der Waals surface area contributed by atoms with E-state index >= 15 is 0 Å². The van der Waals surface area contributed by atoms with E-state index in [4.69, 9.17) is 0 Å². The number of hydrogen-bond donors (Lipinski definition) is 2. The molecule has 0 atom stereocenters. The second kappa shape index (κ2) is 6.33. The molecule has 0 bridgehead atoms. The van der Waals surface area contributed by atoms with Gasteiger partial charge in [0.15, 0.2) is 0 Å². The lowest BCUT2D eigenvalue weighted by atomic mass is 9.95. The van der Waals surface area contributed by atoms with Crippen molar-refractivity contribution >= 4 is 11.3 Å². The summed E-state index contributed by atoms with van der Waals surface area (Å²) in [6.45, 7) is 3.42. The molecule has 0 radical (unpaired) electrons. The fourth-order valence-electron chi connectivity index (χ4n) is 2.14. The van der Waals surface area contributed by atoms with Crippen molar-refractivity contribution in [2.75, 3.05) is 26.7 Å². The van der Waals surface area contributed by atoms with Crippen LogP contribution in [0.3, 0.4) is 0 Å². The fourth-order valence-corrected chi connectivity index (χ4v) is 3.18. The zero-order valence-electron chi connectivity index (χ0n) is 9.96. The first-order valence-electron chi connectivity index (χ1n) is 6.17. The monoisotopic (exact) mass is 239 g/mol. The number of aromatic nitrogens is 1. The Labute approximate surface area is 102 Å². The zero-order valence-corrected chi connectivity index (χ0v) is 10.8. The van der Waals surface area contributed by atoms with Crippen molar-refractivity contribution in [2.24, 2.45) is 5.92 Å². The van der Waals surface area contributed by atoms with Crippen LogP contribution in [-0.4, -0.2) is 31.7 Å². The molecule has 0 aromatic carbocycles. The minimum absolute atomic E-state index is 0.851. The van der Waals surface area contributed by atoms with Crippen molar-refractivity contribution < 1.29 is 0 Å². The van der Waals surface area contributed by atoms with Gasteiger partial charge in [-0.05, 0) is 51.9 Å². The van der Waals surface area contributed by atoms with E-state index in [9.17, 15) is 0 Å². The molecule has 1 aromatic heterocycles. The molecular weight excluding hydrogens is 218 g/mol. The highest BCUT2D eigenvalue weighted by Crippen LogP contribution is 2.21. The van der Waals surface area contributed by atoms with Crippen LogP contribution in [0.5, 0.6) is 0 Å². The number of hydrogen-bond acceptors (Lipinski definition) is 4. The van der Waals surface area contributed by atoms with Crippen LogP contribution in [0.2, 0.25) is 0 Å². The molecule has 2 heterocycles. The van der Waals surface area contributed by atoms with Gasteiger partial charge < -0.3 is 10.6 Å². The van der Waals surface area contributed by atoms with E-state index in [1.165, 1.54) is 42.2 Å². The molecule has 2 rings (SSSR count). The van der Waals surface area contributed by atoms with Gasteiger partial charge in [0.25, 0.3) is 0 Å². The van der Waals surface area contributed by atoms with Gasteiger partial charge >= 0.3 is 0 Å².